The lowest BCUT2D eigenvalue weighted by Crippen LogP contribution is -2.74. The molecular weight excluding hydrogens is 506 g/mol. The summed E-state index contributed by atoms with van der Waals surface area (Å²) >= 11 is 0. The van der Waals surface area contributed by atoms with Crippen LogP contribution in [0.25, 0.3) is 11.1 Å². The predicted octanol–water partition coefficient (Wildman–Crippen LogP) is 0.0754. The number of aromatic hydroxyl groups is 1. The molecule has 0 saturated heterocycles. The Labute approximate surface area is 224 Å². The zero-order valence-corrected chi connectivity index (χ0v) is 21.7. The van der Waals surface area contributed by atoms with Gasteiger partial charge in [-0.1, -0.05) is 6.07 Å². The summed E-state index contributed by atoms with van der Waals surface area (Å²) in [5, 5.41) is 22.4. The van der Waals surface area contributed by atoms with Crippen molar-refractivity contribution < 1.29 is 38.9 Å². The average molecular weight is 536 g/mol. The Morgan fingerprint density at radius 1 is 1.18 bits per heavy atom. The highest BCUT2D eigenvalue weighted by Gasteiger charge is 2.69. The minimum Gasteiger partial charge on any atom is -0.507 e. The van der Waals surface area contributed by atoms with Crippen molar-refractivity contribution in [3.63, 3.8) is 0 Å². The normalized spacial score (nSPS) is 30.1. The summed E-state index contributed by atoms with van der Waals surface area (Å²) in [4.78, 5) is 72.1. The highest BCUT2D eigenvalue weighted by molar-refractivity contribution is 6.32. The Balaban J connectivity index is 1.64. The SMILES string of the molecule is COCc1cncc(-c2ccc(O)c3c2C[C@@H]2C[C@@H]4[C@@H](N(C)C)C(=O)C(C(N)=O)C(=O)[C@]4(O)C(=O)C2C3=O)c1. The van der Waals surface area contributed by atoms with Crippen LogP contribution in [0.5, 0.6) is 5.75 Å². The third kappa shape index (κ3) is 3.83. The minimum absolute atomic E-state index is 0.0129. The molecule has 4 N–H and O–H groups in total. The summed E-state index contributed by atoms with van der Waals surface area (Å²) < 4.78 is 5.20. The number of nitrogens with zero attached hydrogens (tertiary/aromatic N) is 2. The molecule has 6 atom stereocenters. The first kappa shape index (κ1) is 26.8. The van der Waals surface area contributed by atoms with Gasteiger partial charge in [0.2, 0.25) is 5.91 Å². The summed E-state index contributed by atoms with van der Waals surface area (Å²) in [5.41, 5.74) is 5.18. The summed E-state index contributed by atoms with van der Waals surface area (Å²) in [6, 6.07) is 3.74. The molecule has 2 fully saturated rings. The van der Waals surface area contributed by atoms with E-state index in [2.05, 4.69) is 4.98 Å². The van der Waals surface area contributed by atoms with Crippen molar-refractivity contribution in [1.82, 2.24) is 9.88 Å². The summed E-state index contributed by atoms with van der Waals surface area (Å²) in [6.07, 6.45) is 3.43. The molecule has 1 heterocycles. The van der Waals surface area contributed by atoms with Crippen LogP contribution < -0.4 is 5.73 Å². The largest absolute Gasteiger partial charge is 0.507 e. The number of pyridine rings is 1. The molecule has 0 aliphatic heterocycles. The maximum Gasteiger partial charge on any atom is 0.235 e. The Morgan fingerprint density at radius 2 is 1.90 bits per heavy atom. The molecule has 2 unspecified atom stereocenters. The average Bonchev–Trinajstić information content (AvgIpc) is 2.86. The fraction of sp³-hybridized carbons (Fsp3) is 0.429. The zero-order chi connectivity index (χ0) is 28.4. The molecule has 1 aromatic heterocycles. The Bertz CT molecular complexity index is 1440. The van der Waals surface area contributed by atoms with Crippen LogP contribution in [0.15, 0.2) is 30.6 Å². The van der Waals surface area contributed by atoms with Crippen molar-refractivity contribution in [2.75, 3.05) is 21.2 Å². The number of aliphatic hydroxyl groups is 1. The maximum absolute atomic E-state index is 13.9. The molecule has 2 aromatic rings. The number of amides is 1. The van der Waals surface area contributed by atoms with Crippen molar-refractivity contribution in [2.24, 2.45) is 29.4 Å². The van der Waals surface area contributed by atoms with Gasteiger partial charge in [0, 0.05) is 31.0 Å². The van der Waals surface area contributed by atoms with Crippen molar-refractivity contribution in [1.29, 1.82) is 0 Å². The smallest absolute Gasteiger partial charge is 0.235 e. The minimum atomic E-state index is -2.75. The predicted molar refractivity (Wildman–Crippen MR) is 135 cm³/mol. The highest BCUT2D eigenvalue weighted by atomic mass is 16.5. The van der Waals surface area contributed by atoms with E-state index in [1.807, 2.05) is 6.07 Å². The van der Waals surface area contributed by atoms with Gasteiger partial charge in [0.25, 0.3) is 0 Å². The number of ketones is 4. The van der Waals surface area contributed by atoms with E-state index in [4.69, 9.17) is 10.5 Å². The summed E-state index contributed by atoms with van der Waals surface area (Å²) in [6.45, 7) is 0.319. The highest BCUT2D eigenvalue weighted by Crippen LogP contribution is 2.51. The molecule has 39 heavy (non-hydrogen) atoms. The van der Waals surface area contributed by atoms with Gasteiger partial charge in [-0.05, 0) is 61.7 Å². The summed E-state index contributed by atoms with van der Waals surface area (Å²) in [7, 11) is 4.65. The topological polar surface area (TPSA) is 177 Å². The molecule has 0 spiro atoms. The van der Waals surface area contributed by atoms with Crippen LogP contribution in [0.1, 0.15) is 27.9 Å². The number of likely N-dealkylation sites (N-methyl/N-ethyl adjacent to an activating group) is 1. The second kappa shape index (κ2) is 9.44. The van der Waals surface area contributed by atoms with E-state index in [1.165, 1.54) is 11.0 Å². The van der Waals surface area contributed by atoms with Crippen molar-refractivity contribution in [2.45, 2.75) is 31.1 Å². The second-order valence-electron chi connectivity index (χ2n) is 10.8. The molecule has 11 nitrogen and oxygen atoms in total. The number of carbonyl (C=O) groups excluding carboxylic acids is 5. The number of phenols is 1. The third-order valence-electron chi connectivity index (χ3n) is 8.36. The standard InChI is InChI=1S/C28H29N3O8/c1-31(2)22-17-8-13-7-16-15(14-6-12(11-39-3)9-30-10-14)4-5-18(32)20(16)23(33)19(13)25(35)28(17,38)26(36)21(24(22)34)27(29)37/h4-6,9-10,13,17,19,21-22,32,38H,7-8,11H2,1-3H3,(H2,29,37)/t13-,17-,19?,21?,22-,28-/m1/s1. The summed E-state index contributed by atoms with van der Waals surface area (Å²) in [5.74, 6) is -10.7. The number of fused-ring (bicyclic) bond motifs is 3. The molecule has 5 rings (SSSR count). The van der Waals surface area contributed by atoms with Gasteiger partial charge in [0.15, 0.2) is 34.7 Å². The van der Waals surface area contributed by atoms with Gasteiger partial charge in [-0.2, -0.15) is 0 Å². The van der Waals surface area contributed by atoms with Gasteiger partial charge in [-0.3, -0.25) is 33.9 Å². The van der Waals surface area contributed by atoms with Crippen LogP contribution in [-0.4, -0.2) is 82.0 Å². The molecule has 204 valence electrons. The van der Waals surface area contributed by atoms with Crippen molar-refractivity contribution in [3.05, 3.63) is 47.3 Å². The third-order valence-corrected chi connectivity index (χ3v) is 8.36. The van der Waals surface area contributed by atoms with E-state index in [1.54, 1.807) is 39.7 Å². The number of benzene rings is 1. The van der Waals surface area contributed by atoms with Crippen LogP contribution in [0.2, 0.25) is 0 Å². The molecule has 3 aliphatic carbocycles. The number of nitrogens with two attached hydrogens (primary N) is 1. The number of hydrogen-bond acceptors (Lipinski definition) is 10. The van der Waals surface area contributed by atoms with Crippen LogP contribution in [0.3, 0.4) is 0 Å². The fourth-order valence-electron chi connectivity index (χ4n) is 6.76. The number of aromatic nitrogens is 1. The van der Waals surface area contributed by atoms with Crippen molar-refractivity contribution in [3.8, 4) is 16.9 Å². The van der Waals surface area contributed by atoms with Gasteiger partial charge < -0.3 is 20.7 Å². The molecule has 1 aromatic carbocycles. The van der Waals surface area contributed by atoms with Crippen LogP contribution >= 0.6 is 0 Å². The first-order valence-corrected chi connectivity index (χ1v) is 12.6. The molecule has 1 amide bonds. The lowest BCUT2D eigenvalue weighted by molar-refractivity contribution is -0.181. The van der Waals surface area contributed by atoms with E-state index >= 15 is 0 Å². The van der Waals surface area contributed by atoms with Gasteiger partial charge in [0.1, 0.15) is 5.75 Å². The lowest BCUT2D eigenvalue weighted by atomic mass is 9.52. The number of carbonyl (C=O) groups is 5. The maximum atomic E-state index is 13.9. The Morgan fingerprint density at radius 3 is 2.54 bits per heavy atom. The monoisotopic (exact) mass is 535 g/mol. The Kier molecular flexibility index (Phi) is 6.48. The van der Waals surface area contributed by atoms with E-state index < -0.39 is 64.4 Å². The molecule has 0 bridgehead atoms. The van der Waals surface area contributed by atoms with Gasteiger partial charge in [-0.15, -0.1) is 0 Å². The molecule has 0 radical (unpaired) electrons. The van der Waals surface area contributed by atoms with Gasteiger partial charge in [0.05, 0.1) is 24.1 Å². The number of hydrogen-bond donors (Lipinski definition) is 3. The van der Waals surface area contributed by atoms with Crippen LogP contribution in [-0.2, 0) is 36.9 Å². The zero-order valence-electron chi connectivity index (χ0n) is 21.7. The molecule has 11 heteroatoms. The van der Waals surface area contributed by atoms with Crippen LogP contribution in [0.4, 0.5) is 0 Å². The Hall–Kier alpha value is -3.80. The fourth-order valence-corrected chi connectivity index (χ4v) is 6.76. The first-order chi connectivity index (χ1) is 18.4. The number of phenolic OH excluding ortho intramolecular Hbond substituents is 1. The van der Waals surface area contributed by atoms with E-state index in [-0.39, 0.29) is 24.2 Å². The number of Topliss-reactive ketones (excluding diaryl/α,β-unsaturated/α-hetero) is 4. The van der Waals surface area contributed by atoms with E-state index in [9.17, 15) is 34.2 Å². The van der Waals surface area contributed by atoms with E-state index in [0.717, 1.165) is 5.56 Å². The van der Waals surface area contributed by atoms with Crippen LogP contribution in [0, 0.1) is 23.7 Å². The first-order valence-electron chi connectivity index (χ1n) is 12.6. The van der Waals surface area contributed by atoms with E-state index in [0.29, 0.717) is 23.3 Å². The van der Waals surface area contributed by atoms with Gasteiger partial charge in [-0.25, -0.2) is 0 Å². The molecule has 3 aliphatic rings. The number of methoxy groups -OCH3 is 1. The second-order valence-corrected chi connectivity index (χ2v) is 10.8. The number of rotatable bonds is 5. The lowest BCUT2D eigenvalue weighted by Gasteiger charge is -2.52. The number of primary amides is 1. The van der Waals surface area contributed by atoms with Crippen molar-refractivity contribution >= 4 is 29.0 Å². The molecule has 2 saturated carbocycles. The quantitative estimate of drug-likeness (QED) is 0.444. The van der Waals surface area contributed by atoms with Gasteiger partial charge >= 0.3 is 0 Å². The number of ether oxygens (including phenoxy) is 1. The molecular formula is C28H29N3O8.